The van der Waals surface area contributed by atoms with E-state index in [9.17, 15) is 0 Å². The second kappa shape index (κ2) is 7.11. The van der Waals surface area contributed by atoms with E-state index < -0.39 is 0 Å². The van der Waals surface area contributed by atoms with Crippen molar-refractivity contribution >= 4 is 33.2 Å². The predicted molar refractivity (Wildman–Crippen MR) is 88.4 cm³/mol. The zero-order chi connectivity index (χ0) is 14.5. The molecule has 0 fully saturated rings. The Morgan fingerprint density at radius 3 is 2.60 bits per heavy atom. The van der Waals surface area contributed by atoms with Crippen LogP contribution in [0.25, 0.3) is 0 Å². The first-order chi connectivity index (χ1) is 9.61. The lowest BCUT2D eigenvalue weighted by Gasteiger charge is -2.13. The quantitative estimate of drug-likeness (QED) is 0.800. The van der Waals surface area contributed by atoms with E-state index in [0.29, 0.717) is 6.61 Å². The van der Waals surface area contributed by atoms with E-state index in [-0.39, 0.29) is 0 Å². The van der Waals surface area contributed by atoms with Crippen molar-refractivity contribution in [1.82, 2.24) is 0 Å². The summed E-state index contributed by atoms with van der Waals surface area (Å²) in [5.41, 5.74) is 4.46. The molecule has 2 nitrogen and oxygen atoms in total. The number of methoxy groups -OCH3 is 1. The minimum Gasteiger partial charge on any atom is -0.380 e. The summed E-state index contributed by atoms with van der Waals surface area (Å²) in [6.07, 6.45) is 0. The van der Waals surface area contributed by atoms with Crippen molar-refractivity contribution in [2.75, 3.05) is 12.4 Å². The van der Waals surface area contributed by atoms with Crippen LogP contribution in [-0.4, -0.2) is 7.11 Å². The molecule has 106 valence electrons. The van der Waals surface area contributed by atoms with Crippen LogP contribution in [0, 0.1) is 6.92 Å². The molecule has 0 radical (unpaired) electrons. The summed E-state index contributed by atoms with van der Waals surface area (Å²) in [7, 11) is 1.71. The van der Waals surface area contributed by atoms with Gasteiger partial charge in [-0.15, -0.1) is 0 Å². The average molecular weight is 355 g/mol. The lowest BCUT2D eigenvalue weighted by Crippen LogP contribution is -2.04. The van der Waals surface area contributed by atoms with Crippen molar-refractivity contribution in [3.8, 4) is 0 Å². The highest BCUT2D eigenvalue weighted by atomic mass is 79.9. The van der Waals surface area contributed by atoms with E-state index in [4.69, 9.17) is 16.3 Å². The molecular weight excluding hydrogens is 338 g/mol. The van der Waals surface area contributed by atoms with Crippen molar-refractivity contribution in [3.05, 3.63) is 62.6 Å². The number of halogens is 2. The van der Waals surface area contributed by atoms with Gasteiger partial charge in [0.1, 0.15) is 0 Å². The van der Waals surface area contributed by atoms with Crippen molar-refractivity contribution in [3.63, 3.8) is 0 Å². The van der Waals surface area contributed by atoms with Gasteiger partial charge in [-0.25, -0.2) is 0 Å². The van der Waals surface area contributed by atoms with E-state index in [1.54, 1.807) is 7.11 Å². The Morgan fingerprint density at radius 2 is 1.90 bits per heavy atom. The number of hydrogen-bond donors (Lipinski definition) is 1. The fraction of sp³-hybridized carbons (Fsp3) is 0.250. The summed E-state index contributed by atoms with van der Waals surface area (Å²) in [5, 5.41) is 4.17. The van der Waals surface area contributed by atoms with Crippen molar-refractivity contribution < 1.29 is 4.74 Å². The Kier molecular flexibility index (Phi) is 5.46. The number of rotatable bonds is 5. The molecule has 0 aliphatic carbocycles. The van der Waals surface area contributed by atoms with Crippen LogP contribution >= 0.6 is 27.5 Å². The molecule has 0 bridgehead atoms. The Bertz CT molecular complexity index is 601. The first-order valence-electron chi connectivity index (χ1n) is 6.37. The molecule has 0 heterocycles. The smallest absolute Gasteiger partial charge is 0.0716 e. The molecule has 0 aromatic heterocycles. The minimum atomic E-state index is 0.619. The highest BCUT2D eigenvalue weighted by molar-refractivity contribution is 9.10. The first kappa shape index (κ1) is 15.4. The van der Waals surface area contributed by atoms with Crippen LogP contribution in [0.4, 0.5) is 5.69 Å². The number of ether oxygens (including phenoxy) is 1. The van der Waals surface area contributed by atoms with Crippen LogP contribution in [0.15, 0.2) is 40.9 Å². The van der Waals surface area contributed by atoms with Crippen LogP contribution in [0.2, 0.25) is 5.02 Å². The van der Waals surface area contributed by atoms with E-state index in [0.717, 1.165) is 27.3 Å². The van der Waals surface area contributed by atoms with Crippen molar-refractivity contribution in [1.29, 1.82) is 0 Å². The molecule has 0 aliphatic rings. The van der Waals surface area contributed by atoms with Crippen molar-refractivity contribution in [2.45, 2.75) is 20.1 Å². The van der Waals surface area contributed by atoms with Gasteiger partial charge in [-0.1, -0.05) is 35.9 Å². The number of benzene rings is 2. The third kappa shape index (κ3) is 3.75. The normalized spacial score (nSPS) is 10.6. The third-order valence-corrected chi connectivity index (χ3v) is 4.20. The summed E-state index contributed by atoms with van der Waals surface area (Å²) in [6, 6.07) is 12.2. The zero-order valence-electron chi connectivity index (χ0n) is 11.5. The van der Waals surface area contributed by atoms with Crippen LogP contribution in [-0.2, 0) is 17.9 Å². The van der Waals surface area contributed by atoms with Gasteiger partial charge in [0, 0.05) is 23.1 Å². The van der Waals surface area contributed by atoms with Gasteiger partial charge in [0.2, 0.25) is 0 Å². The molecule has 0 saturated heterocycles. The van der Waals surface area contributed by atoms with Gasteiger partial charge in [-0.2, -0.15) is 0 Å². The van der Waals surface area contributed by atoms with Gasteiger partial charge in [-0.05, 0) is 51.7 Å². The molecule has 0 amide bonds. The molecule has 2 aromatic carbocycles. The molecule has 0 spiro atoms. The number of anilines is 1. The number of nitrogens with one attached hydrogen (secondary N) is 1. The Hall–Kier alpha value is -1.03. The second-order valence-electron chi connectivity index (χ2n) is 4.64. The maximum absolute atomic E-state index is 6.17. The molecule has 1 N–H and O–H groups in total. The zero-order valence-corrected chi connectivity index (χ0v) is 13.9. The summed E-state index contributed by atoms with van der Waals surface area (Å²) in [5.74, 6) is 0. The predicted octanol–water partition coefficient (Wildman–Crippen LogP) is 5.17. The average Bonchev–Trinajstić information content (AvgIpc) is 2.43. The maximum Gasteiger partial charge on any atom is 0.0716 e. The fourth-order valence-electron chi connectivity index (χ4n) is 2.00. The molecule has 2 rings (SSSR count). The van der Waals surface area contributed by atoms with Crippen molar-refractivity contribution in [2.24, 2.45) is 0 Å². The Morgan fingerprint density at radius 1 is 1.20 bits per heavy atom. The summed E-state index contributed by atoms with van der Waals surface area (Å²) in [4.78, 5) is 0. The van der Waals surface area contributed by atoms with Gasteiger partial charge in [-0.3, -0.25) is 0 Å². The molecule has 0 unspecified atom stereocenters. The Labute approximate surface area is 133 Å². The maximum atomic E-state index is 6.17. The lowest BCUT2D eigenvalue weighted by atomic mass is 10.1. The Balaban J connectivity index is 2.15. The molecule has 20 heavy (non-hydrogen) atoms. The molecule has 4 heteroatoms. The molecule has 0 aliphatic heterocycles. The van der Waals surface area contributed by atoms with Gasteiger partial charge in [0.05, 0.1) is 12.3 Å². The topological polar surface area (TPSA) is 21.3 Å². The third-order valence-electron chi connectivity index (χ3n) is 3.14. The monoisotopic (exact) mass is 353 g/mol. The molecule has 2 aromatic rings. The van der Waals surface area contributed by atoms with E-state index in [2.05, 4.69) is 33.4 Å². The minimum absolute atomic E-state index is 0.619. The highest BCUT2D eigenvalue weighted by Crippen LogP contribution is 2.29. The van der Waals surface area contributed by atoms with Gasteiger partial charge >= 0.3 is 0 Å². The summed E-state index contributed by atoms with van der Waals surface area (Å²) in [6.45, 7) is 3.34. The molecular formula is C16H17BrClNO. The van der Waals surface area contributed by atoms with Crippen LogP contribution in [0.1, 0.15) is 16.7 Å². The molecule has 0 saturated carbocycles. The number of hydrogen-bond acceptors (Lipinski definition) is 2. The van der Waals surface area contributed by atoms with Crippen LogP contribution < -0.4 is 5.32 Å². The van der Waals surface area contributed by atoms with Crippen LogP contribution in [0.5, 0.6) is 0 Å². The van der Waals surface area contributed by atoms with E-state index in [1.165, 1.54) is 11.1 Å². The lowest BCUT2D eigenvalue weighted by molar-refractivity contribution is 0.184. The first-order valence-corrected chi connectivity index (χ1v) is 7.54. The van der Waals surface area contributed by atoms with Gasteiger partial charge < -0.3 is 10.1 Å². The highest BCUT2D eigenvalue weighted by Gasteiger charge is 2.06. The van der Waals surface area contributed by atoms with E-state index in [1.807, 2.05) is 31.2 Å². The number of aryl methyl sites for hydroxylation is 1. The fourth-order valence-corrected chi connectivity index (χ4v) is 2.76. The summed E-state index contributed by atoms with van der Waals surface area (Å²) >= 11 is 9.73. The SMILES string of the molecule is COCc1ccccc1CNc1cc(Cl)c(C)cc1Br. The van der Waals surface area contributed by atoms with E-state index >= 15 is 0 Å². The van der Waals surface area contributed by atoms with Crippen LogP contribution in [0.3, 0.4) is 0 Å². The summed E-state index contributed by atoms with van der Waals surface area (Å²) < 4.78 is 6.24. The standard InChI is InChI=1S/C16H17BrClNO/c1-11-7-14(17)16(8-15(11)18)19-9-12-5-3-4-6-13(12)10-20-2/h3-8,19H,9-10H2,1-2H3. The van der Waals surface area contributed by atoms with Gasteiger partial charge in [0.25, 0.3) is 0 Å². The molecule has 0 atom stereocenters. The van der Waals surface area contributed by atoms with Gasteiger partial charge in [0.15, 0.2) is 0 Å². The second-order valence-corrected chi connectivity index (χ2v) is 5.90. The largest absolute Gasteiger partial charge is 0.380 e.